The molecule has 1 atom stereocenters. The summed E-state index contributed by atoms with van der Waals surface area (Å²) in [4.78, 5) is 14.3. The highest BCUT2D eigenvalue weighted by Crippen LogP contribution is 2.16. The molecule has 5 nitrogen and oxygen atoms in total. The average molecular weight is 317 g/mol. The Morgan fingerprint density at radius 2 is 2.30 bits per heavy atom. The Kier molecular flexibility index (Phi) is 4.71. The van der Waals surface area contributed by atoms with Crippen LogP contribution in [0, 0.1) is 12.7 Å². The second-order valence-corrected chi connectivity index (χ2v) is 5.96. The van der Waals surface area contributed by atoms with Gasteiger partial charge in [0.15, 0.2) is 5.69 Å². The summed E-state index contributed by atoms with van der Waals surface area (Å²) in [6, 6.07) is 8.48. The van der Waals surface area contributed by atoms with Crippen molar-refractivity contribution in [2.24, 2.45) is 0 Å². The largest absolute Gasteiger partial charge is 0.361 e. The van der Waals surface area contributed by atoms with E-state index >= 15 is 0 Å². The molecule has 1 aliphatic rings. The van der Waals surface area contributed by atoms with Crippen LogP contribution in [0.1, 0.15) is 34.7 Å². The van der Waals surface area contributed by atoms with Crippen molar-refractivity contribution >= 4 is 5.91 Å². The third-order valence-corrected chi connectivity index (χ3v) is 4.05. The van der Waals surface area contributed by atoms with Gasteiger partial charge >= 0.3 is 0 Å². The molecule has 1 fully saturated rings. The van der Waals surface area contributed by atoms with Gasteiger partial charge in [0.1, 0.15) is 11.6 Å². The summed E-state index contributed by atoms with van der Waals surface area (Å²) < 4.78 is 18.7. The Hall–Kier alpha value is -2.21. The second kappa shape index (κ2) is 6.91. The number of likely N-dealkylation sites (tertiary alicyclic amines) is 1. The molecule has 0 spiro atoms. The molecule has 1 aliphatic heterocycles. The zero-order valence-corrected chi connectivity index (χ0v) is 13.1. The molecule has 1 aromatic carbocycles. The predicted octanol–water partition coefficient (Wildman–Crippen LogP) is 2.52. The molecule has 3 rings (SSSR count). The number of aromatic nitrogens is 1. The minimum absolute atomic E-state index is 0.0417. The van der Waals surface area contributed by atoms with E-state index in [4.69, 9.17) is 4.52 Å². The van der Waals surface area contributed by atoms with Gasteiger partial charge in [-0.2, -0.15) is 0 Å². The Balaban J connectivity index is 1.58. The van der Waals surface area contributed by atoms with E-state index in [1.807, 2.05) is 6.07 Å². The number of hydrogen-bond donors (Lipinski definition) is 1. The number of hydrogen-bond acceptors (Lipinski definition) is 4. The minimum Gasteiger partial charge on any atom is -0.361 e. The predicted molar refractivity (Wildman–Crippen MR) is 83.4 cm³/mol. The van der Waals surface area contributed by atoms with Gasteiger partial charge in [-0.15, -0.1) is 0 Å². The van der Waals surface area contributed by atoms with Crippen LogP contribution < -0.4 is 5.32 Å². The molecule has 2 aromatic rings. The summed E-state index contributed by atoms with van der Waals surface area (Å²) in [5.41, 5.74) is 0.986. The fourth-order valence-corrected chi connectivity index (χ4v) is 2.92. The van der Waals surface area contributed by atoms with Crippen molar-refractivity contribution < 1.29 is 13.7 Å². The lowest BCUT2D eigenvalue weighted by Crippen LogP contribution is -2.47. The Labute approximate surface area is 134 Å². The van der Waals surface area contributed by atoms with E-state index in [1.165, 1.54) is 6.07 Å². The van der Waals surface area contributed by atoms with Crippen LogP contribution in [-0.4, -0.2) is 35.1 Å². The molecule has 6 heteroatoms. The van der Waals surface area contributed by atoms with Crippen molar-refractivity contribution in [3.05, 3.63) is 53.2 Å². The number of rotatable bonds is 4. The van der Waals surface area contributed by atoms with Gasteiger partial charge in [0.2, 0.25) is 0 Å². The number of carbonyl (C=O) groups is 1. The minimum atomic E-state index is -0.223. The molecular weight excluding hydrogens is 297 g/mol. The van der Waals surface area contributed by atoms with Crippen molar-refractivity contribution in [1.29, 1.82) is 0 Å². The van der Waals surface area contributed by atoms with Gasteiger partial charge in [-0.3, -0.25) is 9.69 Å². The monoisotopic (exact) mass is 317 g/mol. The van der Waals surface area contributed by atoms with E-state index in [2.05, 4.69) is 15.4 Å². The summed E-state index contributed by atoms with van der Waals surface area (Å²) >= 11 is 0. The topological polar surface area (TPSA) is 58.4 Å². The lowest BCUT2D eigenvalue weighted by Gasteiger charge is -2.33. The quantitative estimate of drug-likeness (QED) is 0.941. The molecule has 1 amide bonds. The zero-order chi connectivity index (χ0) is 16.2. The van der Waals surface area contributed by atoms with Gasteiger partial charge in [-0.25, -0.2) is 4.39 Å². The zero-order valence-electron chi connectivity index (χ0n) is 13.1. The molecule has 122 valence electrons. The first kappa shape index (κ1) is 15.7. The first-order valence-electron chi connectivity index (χ1n) is 7.82. The third kappa shape index (κ3) is 3.96. The maximum Gasteiger partial charge on any atom is 0.273 e. The van der Waals surface area contributed by atoms with Gasteiger partial charge < -0.3 is 9.84 Å². The van der Waals surface area contributed by atoms with Crippen LogP contribution in [0.3, 0.4) is 0 Å². The van der Waals surface area contributed by atoms with Crippen molar-refractivity contribution in [2.45, 2.75) is 32.4 Å². The van der Waals surface area contributed by atoms with Crippen molar-refractivity contribution in [1.82, 2.24) is 15.4 Å². The maximum atomic E-state index is 13.8. The van der Waals surface area contributed by atoms with Crippen molar-refractivity contribution in [2.75, 3.05) is 13.1 Å². The summed E-state index contributed by atoms with van der Waals surface area (Å²) in [5, 5.41) is 6.71. The molecular formula is C17H20FN3O2. The Bertz CT molecular complexity index is 686. The maximum absolute atomic E-state index is 13.8. The number of nitrogens with one attached hydrogen (secondary N) is 1. The van der Waals surface area contributed by atoms with Gasteiger partial charge in [-0.05, 0) is 32.4 Å². The van der Waals surface area contributed by atoms with Gasteiger partial charge in [0.25, 0.3) is 5.91 Å². The fraction of sp³-hybridized carbons (Fsp3) is 0.412. The van der Waals surface area contributed by atoms with E-state index in [0.29, 0.717) is 30.1 Å². The van der Waals surface area contributed by atoms with Crippen LogP contribution >= 0.6 is 0 Å². The lowest BCUT2D eigenvalue weighted by atomic mass is 10.0. The number of amides is 1. The molecule has 1 aromatic heterocycles. The smallest absolute Gasteiger partial charge is 0.273 e. The van der Waals surface area contributed by atoms with E-state index in [-0.39, 0.29) is 17.8 Å². The molecule has 1 N–H and O–H groups in total. The van der Waals surface area contributed by atoms with Crippen LogP contribution in [0.4, 0.5) is 4.39 Å². The molecule has 2 heterocycles. The first-order chi connectivity index (χ1) is 11.1. The van der Waals surface area contributed by atoms with E-state index in [1.54, 1.807) is 25.1 Å². The molecule has 0 radical (unpaired) electrons. The van der Waals surface area contributed by atoms with Crippen LogP contribution in [0.25, 0.3) is 0 Å². The van der Waals surface area contributed by atoms with Crippen LogP contribution in [0.5, 0.6) is 0 Å². The van der Waals surface area contributed by atoms with Crippen LogP contribution in [-0.2, 0) is 6.54 Å². The lowest BCUT2D eigenvalue weighted by molar-refractivity contribution is 0.0891. The SMILES string of the molecule is Cc1cc(C(=O)NC2CCCN(Cc3ccccc3F)C2)no1. The summed E-state index contributed by atoms with van der Waals surface area (Å²) in [7, 11) is 0. The highest BCUT2D eigenvalue weighted by atomic mass is 19.1. The standard InChI is InChI=1S/C17H20FN3O2/c1-12-9-16(20-23-12)17(22)19-14-6-4-8-21(11-14)10-13-5-2-3-7-15(13)18/h2-3,5,7,9,14H,4,6,8,10-11H2,1H3,(H,19,22). The number of halogens is 1. The van der Waals surface area contributed by atoms with Gasteiger partial charge in [0.05, 0.1) is 0 Å². The van der Waals surface area contributed by atoms with Crippen molar-refractivity contribution in [3.8, 4) is 0 Å². The van der Waals surface area contributed by atoms with E-state index in [9.17, 15) is 9.18 Å². The third-order valence-electron chi connectivity index (χ3n) is 4.05. The normalized spacial score (nSPS) is 18.8. The molecule has 0 aliphatic carbocycles. The number of benzene rings is 1. The summed E-state index contributed by atoms with van der Waals surface area (Å²) in [6.45, 7) is 3.92. The number of carbonyl (C=O) groups excluding carboxylic acids is 1. The highest BCUT2D eigenvalue weighted by molar-refractivity contribution is 5.92. The highest BCUT2D eigenvalue weighted by Gasteiger charge is 2.23. The van der Waals surface area contributed by atoms with Gasteiger partial charge in [-0.1, -0.05) is 23.4 Å². The molecule has 0 bridgehead atoms. The number of nitrogens with zero attached hydrogens (tertiary/aromatic N) is 2. The van der Waals surface area contributed by atoms with Crippen LogP contribution in [0.15, 0.2) is 34.9 Å². The second-order valence-electron chi connectivity index (χ2n) is 5.96. The fourth-order valence-electron chi connectivity index (χ4n) is 2.92. The molecule has 0 saturated carbocycles. The first-order valence-corrected chi connectivity index (χ1v) is 7.82. The molecule has 1 saturated heterocycles. The Morgan fingerprint density at radius 3 is 3.04 bits per heavy atom. The van der Waals surface area contributed by atoms with Crippen molar-refractivity contribution in [3.63, 3.8) is 0 Å². The molecule has 1 unspecified atom stereocenters. The Morgan fingerprint density at radius 1 is 1.48 bits per heavy atom. The van der Waals surface area contributed by atoms with Crippen LogP contribution in [0.2, 0.25) is 0 Å². The van der Waals surface area contributed by atoms with E-state index in [0.717, 1.165) is 19.4 Å². The number of aryl methyl sites for hydroxylation is 1. The molecule has 23 heavy (non-hydrogen) atoms. The summed E-state index contributed by atoms with van der Waals surface area (Å²) in [5.74, 6) is 0.205. The van der Waals surface area contributed by atoms with Gasteiger partial charge in [0, 0.05) is 30.8 Å². The van der Waals surface area contributed by atoms with E-state index < -0.39 is 0 Å². The summed E-state index contributed by atoms with van der Waals surface area (Å²) in [6.07, 6.45) is 1.88. The number of piperidine rings is 1. The average Bonchev–Trinajstić information content (AvgIpc) is 2.97.